The maximum atomic E-state index is 12.6. The van der Waals surface area contributed by atoms with Crippen molar-refractivity contribution in [3.63, 3.8) is 0 Å². The van der Waals surface area contributed by atoms with Gasteiger partial charge >= 0.3 is 0 Å². The van der Waals surface area contributed by atoms with E-state index in [2.05, 4.69) is 55.5 Å². The predicted molar refractivity (Wildman–Crippen MR) is 91.6 cm³/mol. The third-order valence-electron chi connectivity index (χ3n) is 4.21. The van der Waals surface area contributed by atoms with Crippen LogP contribution in [0.1, 0.15) is 79.0 Å². The van der Waals surface area contributed by atoms with Crippen LogP contribution in [0.15, 0.2) is 28.8 Å². The van der Waals surface area contributed by atoms with Crippen molar-refractivity contribution < 1.29 is 9.32 Å². The third-order valence-corrected chi connectivity index (χ3v) is 4.21. The Bertz CT molecular complexity index is 657. The molecule has 1 N–H and O–H groups in total. The van der Waals surface area contributed by atoms with E-state index < -0.39 is 0 Å². The summed E-state index contributed by atoms with van der Waals surface area (Å²) in [4.78, 5) is 12.6. The molecule has 0 saturated heterocycles. The van der Waals surface area contributed by atoms with Crippen molar-refractivity contribution >= 4 is 5.91 Å². The molecule has 4 heteroatoms. The minimum atomic E-state index is -0.111. The van der Waals surface area contributed by atoms with E-state index in [1.165, 1.54) is 5.56 Å². The van der Waals surface area contributed by atoms with Crippen molar-refractivity contribution in [3.8, 4) is 0 Å². The fourth-order valence-corrected chi connectivity index (χ4v) is 2.72. The van der Waals surface area contributed by atoms with Crippen molar-refractivity contribution in [2.75, 3.05) is 0 Å². The van der Waals surface area contributed by atoms with E-state index in [1.54, 1.807) is 6.92 Å². The monoisotopic (exact) mass is 314 g/mol. The molecule has 0 radical (unpaired) electrons. The first-order chi connectivity index (χ1) is 11.0. The topological polar surface area (TPSA) is 55.1 Å². The lowest BCUT2D eigenvalue weighted by atomic mass is 9.97. The maximum Gasteiger partial charge on any atom is 0.257 e. The summed E-state index contributed by atoms with van der Waals surface area (Å²) in [6.45, 7) is 10.2. The zero-order valence-corrected chi connectivity index (χ0v) is 14.6. The second kappa shape index (κ2) is 7.44. The van der Waals surface area contributed by atoms with E-state index in [4.69, 9.17) is 4.52 Å². The van der Waals surface area contributed by atoms with Crippen molar-refractivity contribution in [3.05, 3.63) is 52.4 Å². The Morgan fingerprint density at radius 3 is 2.30 bits per heavy atom. The molecule has 2 aromatic rings. The molecule has 23 heavy (non-hydrogen) atoms. The third kappa shape index (κ3) is 3.81. The molecule has 1 amide bonds. The minimum absolute atomic E-state index is 0.0114. The minimum Gasteiger partial charge on any atom is -0.361 e. The first-order valence-corrected chi connectivity index (χ1v) is 8.33. The average Bonchev–Trinajstić information content (AvgIpc) is 2.93. The predicted octanol–water partition coefficient (Wildman–Crippen LogP) is 4.55. The summed E-state index contributed by atoms with van der Waals surface area (Å²) in [5.41, 5.74) is 3.71. The van der Waals surface area contributed by atoms with E-state index >= 15 is 0 Å². The van der Waals surface area contributed by atoms with Gasteiger partial charge in [0.25, 0.3) is 5.91 Å². The molecule has 1 aromatic heterocycles. The molecule has 4 nitrogen and oxygen atoms in total. The summed E-state index contributed by atoms with van der Waals surface area (Å²) in [6.07, 6.45) is 1.51. The highest BCUT2D eigenvalue weighted by Gasteiger charge is 2.22. The van der Waals surface area contributed by atoms with Crippen LogP contribution >= 0.6 is 0 Å². The molecule has 1 atom stereocenters. The van der Waals surface area contributed by atoms with E-state index in [1.807, 2.05) is 6.92 Å². The lowest BCUT2D eigenvalue weighted by Gasteiger charge is -2.18. The van der Waals surface area contributed by atoms with Gasteiger partial charge in [-0.15, -0.1) is 0 Å². The van der Waals surface area contributed by atoms with Crippen LogP contribution in [-0.4, -0.2) is 11.1 Å². The Kier molecular flexibility index (Phi) is 5.59. The van der Waals surface area contributed by atoms with Gasteiger partial charge in [0.05, 0.1) is 11.7 Å². The summed E-state index contributed by atoms with van der Waals surface area (Å²) in [7, 11) is 0. The zero-order valence-electron chi connectivity index (χ0n) is 14.6. The number of aromatic nitrogens is 1. The summed E-state index contributed by atoms with van der Waals surface area (Å²) >= 11 is 0. The maximum absolute atomic E-state index is 12.6. The normalized spacial score (nSPS) is 12.4. The molecule has 0 aliphatic heterocycles. The standard InChI is InChI=1S/C19H26N2O2/c1-6-16(15-10-8-14(9-11-15)12(3)4)20-19(22)18-13(5)23-21-17(18)7-2/h8-12,16H,6-7H2,1-5H3,(H,20,22). The molecule has 0 saturated carbocycles. The van der Waals surface area contributed by atoms with Crippen molar-refractivity contribution in [1.29, 1.82) is 0 Å². The SMILES string of the molecule is CCc1noc(C)c1C(=O)NC(CC)c1ccc(C(C)C)cc1. The number of nitrogens with zero attached hydrogens (tertiary/aromatic N) is 1. The number of aryl methyl sites for hydroxylation is 2. The van der Waals surface area contributed by atoms with Crippen molar-refractivity contribution in [1.82, 2.24) is 10.5 Å². The second-order valence-corrected chi connectivity index (χ2v) is 6.17. The molecule has 2 rings (SSSR count). The van der Waals surface area contributed by atoms with Gasteiger partial charge < -0.3 is 9.84 Å². The first kappa shape index (κ1) is 17.3. The summed E-state index contributed by atoms with van der Waals surface area (Å²) in [6, 6.07) is 8.46. The molecule has 1 aromatic carbocycles. The molecule has 1 unspecified atom stereocenters. The van der Waals surface area contributed by atoms with Crippen LogP contribution < -0.4 is 5.32 Å². The molecule has 0 aliphatic carbocycles. The highest BCUT2D eigenvalue weighted by Crippen LogP contribution is 2.22. The second-order valence-electron chi connectivity index (χ2n) is 6.17. The van der Waals surface area contributed by atoms with Gasteiger partial charge in [-0.2, -0.15) is 0 Å². The Morgan fingerprint density at radius 2 is 1.78 bits per heavy atom. The first-order valence-electron chi connectivity index (χ1n) is 8.33. The van der Waals surface area contributed by atoms with Crippen LogP contribution in [0.25, 0.3) is 0 Å². The van der Waals surface area contributed by atoms with Crippen molar-refractivity contribution in [2.24, 2.45) is 0 Å². The zero-order chi connectivity index (χ0) is 17.0. The van der Waals surface area contributed by atoms with E-state index in [0.717, 1.165) is 12.0 Å². The Morgan fingerprint density at radius 1 is 1.17 bits per heavy atom. The Balaban J connectivity index is 2.18. The number of hydrogen-bond acceptors (Lipinski definition) is 3. The molecular weight excluding hydrogens is 288 g/mol. The van der Waals surface area contributed by atoms with Crippen molar-refractivity contribution in [2.45, 2.75) is 59.4 Å². The molecular formula is C19H26N2O2. The van der Waals surface area contributed by atoms with Crippen LogP contribution in [-0.2, 0) is 6.42 Å². The molecule has 0 bridgehead atoms. The van der Waals surface area contributed by atoms with E-state index in [9.17, 15) is 4.79 Å². The van der Waals surface area contributed by atoms with Crippen LogP contribution in [0, 0.1) is 6.92 Å². The summed E-state index contributed by atoms with van der Waals surface area (Å²) in [5.74, 6) is 0.968. The van der Waals surface area contributed by atoms with E-state index in [0.29, 0.717) is 29.4 Å². The quantitative estimate of drug-likeness (QED) is 0.851. The molecule has 0 aliphatic rings. The van der Waals surface area contributed by atoms with Crippen LogP contribution in [0.3, 0.4) is 0 Å². The number of carbonyl (C=O) groups is 1. The highest BCUT2D eigenvalue weighted by molar-refractivity contribution is 5.96. The smallest absolute Gasteiger partial charge is 0.257 e. The average molecular weight is 314 g/mol. The fraction of sp³-hybridized carbons (Fsp3) is 0.474. The molecule has 1 heterocycles. The number of nitrogens with one attached hydrogen (secondary N) is 1. The molecule has 0 fully saturated rings. The lowest BCUT2D eigenvalue weighted by molar-refractivity contribution is 0.0933. The number of carbonyl (C=O) groups excluding carboxylic acids is 1. The van der Waals surface area contributed by atoms with Gasteiger partial charge in [0.15, 0.2) is 0 Å². The number of rotatable bonds is 6. The van der Waals surface area contributed by atoms with Gasteiger partial charge in [-0.3, -0.25) is 4.79 Å². The molecule has 124 valence electrons. The number of hydrogen-bond donors (Lipinski definition) is 1. The van der Waals surface area contributed by atoms with E-state index in [-0.39, 0.29) is 11.9 Å². The summed E-state index contributed by atoms with van der Waals surface area (Å²) < 4.78 is 5.16. The van der Waals surface area contributed by atoms with Crippen LogP contribution in [0.4, 0.5) is 0 Å². The van der Waals surface area contributed by atoms with Gasteiger partial charge in [0, 0.05) is 0 Å². The van der Waals surface area contributed by atoms with Gasteiger partial charge in [-0.1, -0.05) is 57.1 Å². The van der Waals surface area contributed by atoms with Crippen LogP contribution in [0.5, 0.6) is 0 Å². The Labute approximate surface area is 138 Å². The Hall–Kier alpha value is -2.10. The van der Waals surface area contributed by atoms with Gasteiger partial charge in [-0.05, 0) is 36.8 Å². The number of benzene rings is 1. The van der Waals surface area contributed by atoms with Crippen LogP contribution in [0.2, 0.25) is 0 Å². The lowest BCUT2D eigenvalue weighted by Crippen LogP contribution is -2.29. The highest BCUT2D eigenvalue weighted by atomic mass is 16.5. The fourth-order valence-electron chi connectivity index (χ4n) is 2.72. The number of amides is 1. The summed E-state index contributed by atoms with van der Waals surface area (Å²) in [5, 5.41) is 7.07. The van der Waals surface area contributed by atoms with Gasteiger partial charge in [-0.25, -0.2) is 0 Å². The molecule has 0 spiro atoms. The van der Waals surface area contributed by atoms with Gasteiger partial charge in [0.1, 0.15) is 11.3 Å². The largest absolute Gasteiger partial charge is 0.361 e. The van der Waals surface area contributed by atoms with Gasteiger partial charge in [0.2, 0.25) is 0 Å².